The first-order valence-corrected chi connectivity index (χ1v) is 6.69. The molecule has 6 nitrogen and oxygen atoms in total. The maximum Gasteiger partial charge on any atom is 0.329 e. The highest BCUT2D eigenvalue weighted by atomic mass is 16.5. The highest BCUT2D eigenvalue weighted by Gasteiger charge is 2.26. The van der Waals surface area contributed by atoms with Crippen LogP contribution in [0.5, 0.6) is 0 Å². The number of nitrogens with one attached hydrogen (secondary N) is 1. The van der Waals surface area contributed by atoms with Crippen LogP contribution in [0, 0.1) is 0 Å². The van der Waals surface area contributed by atoms with Crippen molar-refractivity contribution in [3.05, 3.63) is 18.2 Å². The molecule has 2 atom stereocenters. The first kappa shape index (κ1) is 14.0. The molecule has 1 aromatic heterocycles. The number of esters is 1. The lowest BCUT2D eigenvalue weighted by molar-refractivity contribution is -0.143. The summed E-state index contributed by atoms with van der Waals surface area (Å²) in [6.45, 7) is 4.24. The molecule has 0 spiro atoms. The number of ether oxygens (including phenoxy) is 2. The zero-order valence-electron chi connectivity index (χ0n) is 11.5. The van der Waals surface area contributed by atoms with Crippen LogP contribution in [0.1, 0.15) is 31.5 Å². The number of rotatable bonds is 6. The second-order valence-electron chi connectivity index (χ2n) is 4.60. The first-order chi connectivity index (χ1) is 9.26. The minimum absolute atomic E-state index is 0.185. The van der Waals surface area contributed by atoms with E-state index in [1.54, 1.807) is 12.5 Å². The molecular weight excluding hydrogens is 246 g/mol. The van der Waals surface area contributed by atoms with Crippen molar-refractivity contribution in [1.82, 2.24) is 14.9 Å². The molecule has 2 rings (SSSR count). The van der Waals surface area contributed by atoms with Gasteiger partial charge in [-0.15, -0.1) is 0 Å². The van der Waals surface area contributed by atoms with Crippen LogP contribution in [0.25, 0.3) is 0 Å². The van der Waals surface area contributed by atoms with Crippen molar-refractivity contribution in [1.29, 1.82) is 0 Å². The minimum atomic E-state index is -0.489. The fraction of sp³-hybridized carbons (Fsp3) is 0.692. The Morgan fingerprint density at radius 1 is 1.74 bits per heavy atom. The molecule has 0 aromatic carbocycles. The summed E-state index contributed by atoms with van der Waals surface area (Å²) in [7, 11) is 1.40. The number of imidazole rings is 1. The monoisotopic (exact) mass is 267 g/mol. The summed E-state index contributed by atoms with van der Waals surface area (Å²) in [5.74, 6) is -0.298. The molecular formula is C13H21N3O3. The summed E-state index contributed by atoms with van der Waals surface area (Å²) < 4.78 is 12.4. The summed E-state index contributed by atoms with van der Waals surface area (Å²) in [5.41, 5.74) is 0.826. The molecule has 6 heteroatoms. The molecule has 0 saturated carbocycles. The SMILES string of the molecule is CCn1cncc1C(NCC1CCCO1)C(=O)OC. The van der Waals surface area contributed by atoms with Gasteiger partial charge in [0.25, 0.3) is 0 Å². The molecule has 1 aliphatic rings. The van der Waals surface area contributed by atoms with Crippen LogP contribution in [0.3, 0.4) is 0 Å². The maximum atomic E-state index is 11.9. The number of carbonyl (C=O) groups is 1. The molecule has 2 unspecified atom stereocenters. The number of aryl methyl sites for hydroxylation is 1. The predicted octanol–water partition coefficient (Wildman–Crippen LogP) is 0.886. The van der Waals surface area contributed by atoms with Gasteiger partial charge in [0.2, 0.25) is 0 Å². The van der Waals surface area contributed by atoms with Crippen LogP contribution >= 0.6 is 0 Å². The number of hydrogen-bond donors (Lipinski definition) is 1. The molecule has 0 radical (unpaired) electrons. The molecule has 1 saturated heterocycles. The van der Waals surface area contributed by atoms with Gasteiger partial charge in [-0.05, 0) is 19.8 Å². The molecule has 0 bridgehead atoms. The van der Waals surface area contributed by atoms with E-state index in [1.807, 2.05) is 11.5 Å². The smallest absolute Gasteiger partial charge is 0.329 e. The van der Waals surface area contributed by atoms with E-state index in [0.717, 1.165) is 31.7 Å². The van der Waals surface area contributed by atoms with E-state index >= 15 is 0 Å². The molecule has 19 heavy (non-hydrogen) atoms. The Morgan fingerprint density at radius 2 is 2.58 bits per heavy atom. The Bertz CT molecular complexity index is 413. The second-order valence-corrected chi connectivity index (χ2v) is 4.60. The van der Waals surface area contributed by atoms with Crippen molar-refractivity contribution in [2.45, 2.75) is 38.5 Å². The van der Waals surface area contributed by atoms with Gasteiger partial charge in [-0.2, -0.15) is 0 Å². The van der Waals surface area contributed by atoms with Crippen LogP contribution in [0.15, 0.2) is 12.5 Å². The van der Waals surface area contributed by atoms with E-state index in [4.69, 9.17) is 9.47 Å². The third-order valence-corrected chi connectivity index (χ3v) is 3.39. The van der Waals surface area contributed by atoms with E-state index in [0.29, 0.717) is 6.54 Å². The summed E-state index contributed by atoms with van der Waals surface area (Å²) in [6, 6.07) is -0.489. The van der Waals surface area contributed by atoms with Crippen molar-refractivity contribution in [3.63, 3.8) is 0 Å². The van der Waals surface area contributed by atoms with Crippen molar-refractivity contribution < 1.29 is 14.3 Å². The molecule has 1 fully saturated rings. The lowest BCUT2D eigenvalue weighted by atomic mass is 10.2. The van der Waals surface area contributed by atoms with Crippen molar-refractivity contribution in [3.8, 4) is 0 Å². The van der Waals surface area contributed by atoms with E-state index in [2.05, 4.69) is 10.3 Å². The molecule has 106 valence electrons. The number of carbonyl (C=O) groups excluding carboxylic acids is 1. The Kier molecular flexibility index (Phi) is 4.93. The van der Waals surface area contributed by atoms with E-state index in [1.165, 1.54) is 7.11 Å². The van der Waals surface area contributed by atoms with Crippen molar-refractivity contribution in [2.24, 2.45) is 0 Å². The zero-order chi connectivity index (χ0) is 13.7. The van der Waals surface area contributed by atoms with E-state index in [-0.39, 0.29) is 12.1 Å². The first-order valence-electron chi connectivity index (χ1n) is 6.69. The van der Waals surface area contributed by atoms with E-state index < -0.39 is 6.04 Å². The molecule has 2 heterocycles. The number of hydrogen-bond acceptors (Lipinski definition) is 5. The largest absolute Gasteiger partial charge is 0.468 e. The van der Waals surface area contributed by atoms with Crippen molar-refractivity contribution >= 4 is 5.97 Å². The predicted molar refractivity (Wildman–Crippen MR) is 69.6 cm³/mol. The highest BCUT2D eigenvalue weighted by Crippen LogP contribution is 2.17. The Balaban J connectivity index is 2.05. The minimum Gasteiger partial charge on any atom is -0.468 e. The van der Waals surface area contributed by atoms with Crippen molar-refractivity contribution in [2.75, 3.05) is 20.3 Å². The van der Waals surface area contributed by atoms with Crippen LogP contribution < -0.4 is 5.32 Å². The summed E-state index contributed by atoms with van der Waals surface area (Å²) in [4.78, 5) is 16.0. The van der Waals surface area contributed by atoms with Gasteiger partial charge in [0.05, 0.1) is 31.4 Å². The van der Waals surface area contributed by atoms with E-state index in [9.17, 15) is 4.79 Å². The highest BCUT2D eigenvalue weighted by molar-refractivity contribution is 5.76. The van der Waals surface area contributed by atoms with Crippen LogP contribution in [0.4, 0.5) is 0 Å². The molecule has 0 amide bonds. The molecule has 1 aromatic rings. The van der Waals surface area contributed by atoms with Crippen LogP contribution in [0.2, 0.25) is 0 Å². The van der Waals surface area contributed by atoms with Gasteiger partial charge in [0.1, 0.15) is 6.04 Å². The fourth-order valence-corrected chi connectivity index (χ4v) is 2.32. The average Bonchev–Trinajstić information content (AvgIpc) is 3.09. The topological polar surface area (TPSA) is 65.4 Å². The quantitative estimate of drug-likeness (QED) is 0.775. The third-order valence-electron chi connectivity index (χ3n) is 3.39. The second kappa shape index (κ2) is 6.68. The third kappa shape index (κ3) is 3.33. The fourth-order valence-electron chi connectivity index (χ4n) is 2.32. The summed E-state index contributed by atoms with van der Waals surface area (Å²) in [5, 5.41) is 3.23. The molecule has 0 aliphatic carbocycles. The lowest BCUT2D eigenvalue weighted by Gasteiger charge is -2.19. The van der Waals surface area contributed by atoms with Gasteiger partial charge < -0.3 is 14.0 Å². The summed E-state index contributed by atoms with van der Waals surface area (Å²) in [6.07, 6.45) is 5.73. The number of nitrogens with zero attached hydrogens (tertiary/aromatic N) is 2. The Hall–Kier alpha value is -1.40. The average molecular weight is 267 g/mol. The molecule has 1 aliphatic heterocycles. The van der Waals surface area contributed by atoms with Crippen LogP contribution in [-0.2, 0) is 20.8 Å². The standard InChI is InChI=1S/C13H21N3O3/c1-3-16-9-14-8-11(16)12(13(17)18-2)15-7-10-5-4-6-19-10/h8-10,12,15H,3-7H2,1-2H3. The Labute approximate surface area is 113 Å². The van der Waals surface area contributed by atoms with Crippen LogP contribution in [-0.4, -0.2) is 41.9 Å². The molecule has 1 N–H and O–H groups in total. The lowest BCUT2D eigenvalue weighted by Crippen LogP contribution is -2.36. The van der Waals surface area contributed by atoms with Gasteiger partial charge in [0, 0.05) is 19.7 Å². The zero-order valence-corrected chi connectivity index (χ0v) is 11.5. The maximum absolute atomic E-state index is 11.9. The summed E-state index contributed by atoms with van der Waals surface area (Å²) >= 11 is 0. The van der Waals surface area contributed by atoms with Gasteiger partial charge >= 0.3 is 5.97 Å². The normalized spacial score (nSPS) is 20.4. The van der Waals surface area contributed by atoms with Gasteiger partial charge in [-0.1, -0.05) is 0 Å². The Morgan fingerprint density at radius 3 is 3.21 bits per heavy atom. The van der Waals surface area contributed by atoms with Gasteiger partial charge in [-0.25, -0.2) is 9.78 Å². The van der Waals surface area contributed by atoms with Gasteiger partial charge in [-0.3, -0.25) is 5.32 Å². The number of aromatic nitrogens is 2. The van der Waals surface area contributed by atoms with Gasteiger partial charge in [0.15, 0.2) is 0 Å². The number of methoxy groups -OCH3 is 1.